The number of hydrogen-bond acceptors (Lipinski definition) is 7. The molecule has 0 saturated carbocycles. The Kier molecular flexibility index (Phi) is 7.39. The van der Waals surface area contributed by atoms with Crippen LogP contribution in [0.5, 0.6) is 5.75 Å². The first kappa shape index (κ1) is 25.6. The third-order valence-electron chi connectivity index (χ3n) is 4.71. The third kappa shape index (κ3) is 6.12. The first-order valence-corrected chi connectivity index (χ1v) is 10.7. The number of likely N-dealkylation sites (N-methyl/N-ethyl adjacent to an activating group) is 1. The van der Waals surface area contributed by atoms with Crippen molar-refractivity contribution < 1.29 is 31.9 Å². The number of alkyl halides is 3. The highest BCUT2D eigenvalue weighted by Gasteiger charge is 2.31. The first-order valence-electron chi connectivity index (χ1n) is 9.90. The maximum atomic E-state index is 14.0. The molecule has 0 fully saturated rings. The fourth-order valence-corrected chi connectivity index (χ4v) is 4.02. The first-order chi connectivity index (χ1) is 16.4. The summed E-state index contributed by atoms with van der Waals surface area (Å²) in [5.41, 5.74) is 6.83. The Balaban J connectivity index is 1.76. The van der Waals surface area contributed by atoms with Crippen molar-refractivity contribution in [3.63, 3.8) is 0 Å². The summed E-state index contributed by atoms with van der Waals surface area (Å²) in [6, 6.07) is 7.13. The van der Waals surface area contributed by atoms with E-state index in [0.717, 1.165) is 29.5 Å². The smallest absolute Gasteiger partial charge is 0.406 e. The molecular weight excluding hydrogens is 490 g/mol. The molecule has 0 unspecified atom stereocenters. The van der Waals surface area contributed by atoms with Crippen LogP contribution in [0, 0.1) is 18.2 Å². The number of nitrogens with one attached hydrogen (secondary N) is 3. The van der Waals surface area contributed by atoms with E-state index in [-0.39, 0.29) is 33.9 Å². The second kappa shape index (κ2) is 10.1. The van der Waals surface area contributed by atoms with Gasteiger partial charge in [-0.05, 0) is 37.3 Å². The molecule has 0 aliphatic rings. The van der Waals surface area contributed by atoms with Gasteiger partial charge in [0.25, 0.3) is 11.8 Å². The summed E-state index contributed by atoms with van der Waals surface area (Å²) in [7, 11) is 1.40. The number of aryl methyl sites for hydroxylation is 1. The van der Waals surface area contributed by atoms with E-state index in [1.807, 2.05) is 0 Å². The molecule has 0 saturated heterocycles. The summed E-state index contributed by atoms with van der Waals surface area (Å²) in [6.07, 6.45) is -4.93. The van der Waals surface area contributed by atoms with Gasteiger partial charge in [-0.15, -0.1) is 24.5 Å². The van der Waals surface area contributed by atoms with Crippen LogP contribution >= 0.6 is 11.3 Å². The fraction of sp³-hybridized carbons (Fsp3) is 0.182. The molecule has 0 aliphatic carbocycles. The highest BCUT2D eigenvalue weighted by Crippen LogP contribution is 2.31. The second-order valence-electron chi connectivity index (χ2n) is 7.17. The van der Waals surface area contributed by atoms with Gasteiger partial charge in [-0.1, -0.05) is 6.07 Å². The minimum atomic E-state index is -4.93. The summed E-state index contributed by atoms with van der Waals surface area (Å²) < 4.78 is 55.0. The van der Waals surface area contributed by atoms with Gasteiger partial charge in [0.05, 0.1) is 5.69 Å². The minimum Gasteiger partial charge on any atom is -0.406 e. The number of ether oxygens (including phenoxy) is 1. The van der Waals surface area contributed by atoms with Crippen molar-refractivity contribution in [1.29, 1.82) is 5.41 Å². The number of hydrogen-bond donors (Lipinski definition) is 4. The van der Waals surface area contributed by atoms with E-state index in [1.165, 1.54) is 19.2 Å². The highest BCUT2D eigenvalue weighted by molar-refractivity contribution is 7.17. The average molecular weight is 509 g/mol. The average Bonchev–Trinajstić information content (AvgIpc) is 3.18. The number of nitrogens with two attached hydrogens (primary N) is 1. The van der Waals surface area contributed by atoms with E-state index in [4.69, 9.17) is 11.1 Å². The lowest BCUT2D eigenvalue weighted by Gasteiger charge is -2.11. The zero-order chi connectivity index (χ0) is 25.9. The second-order valence-corrected chi connectivity index (χ2v) is 8.17. The molecular formula is C22H19F4N5O3S. The molecule has 5 N–H and O–H groups in total. The molecule has 0 bridgehead atoms. The van der Waals surface area contributed by atoms with E-state index in [0.29, 0.717) is 16.3 Å². The van der Waals surface area contributed by atoms with Gasteiger partial charge >= 0.3 is 6.36 Å². The van der Waals surface area contributed by atoms with Crippen LogP contribution in [0.25, 0.3) is 10.6 Å². The molecule has 2 aromatic carbocycles. The molecule has 2 amide bonds. The molecule has 0 spiro atoms. The molecule has 3 aromatic rings. The van der Waals surface area contributed by atoms with E-state index < -0.39 is 29.7 Å². The number of nitrogens with zero attached hydrogens (tertiary/aromatic N) is 1. The van der Waals surface area contributed by atoms with Crippen LogP contribution in [-0.4, -0.2) is 35.9 Å². The number of aromatic nitrogens is 1. The molecule has 184 valence electrons. The van der Waals surface area contributed by atoms with Gasteiger partial charge < -0.3 is 21.1 Å². The van der Waals surface area contributed by atoms with Crippen molar-refractivity contribution in [2.75, 3.05) is 12.8 Å². The number of halogens is 4. The van der Waals surface area contributed by atoms with E-state index in [2.05, 4.69) is 20.4 Å². The lowest BCUT2D eigenvalue weighted by Crippen LogP contribution is -2.28. The Hall–Kier alpha value is -4.00. The van der Waals surface area contributed by atoms with Gasteiger partial charge in [0, 0.05) is 36.0 Å². The largest absolute Gasteiger partial charge is 0.573 e. The zero-order valence-corrected chi connectivity index (χ0v) is 19.2. The van der Waals surface area contributed by atoms with Gasteiger partial charge in [0.15, 0.2) is 0 Å². The number of rotatable bonds is 7. The Morgan fingerprint density at radius 1 is 1.20 bits per heavy atom. The molecule has 13 heteroatoms. The van der Waals surface area contributed by atoms with Crippen molar-refractivity contribution in [2.45, 2.75) is 19.8 Å². The fourth-order valence-electron chi connectivity index (χ4n) is 3.04. The van der Waals surface area contributed by atoms with Crippen LogP contribution in [0.4, 0.5) is 23.2 Å². The van der Waals surface area contributed by atoms with Crippen LogP contribution in [-0.2, 0) is 11.3 Å². The molecule has 1 heterocycles. The summed E-state index contributed by atoms with van der Waals surface area (Å²) in [6.45, 7) is 1.21. The molecule has 0 radical (unpaired) electrons. The maximum Gasteiger partial charge on any atom is 0.573 e. The van der Waals surface area contributed by atoms with Crippen LogP contribution in [0.3, 0.4) is 0 Å². The van der Waals surface area contributed by atoms with Crippen molar-refractivity contribution in [2.24, 2.45) is 0 Å². The number of amides is 2. The van der Waals surface area contributed by atoms with Crippen LogP contribution in [0.15, 0.2) is 36.4 Å². The summed E-state index contributed by atoms with van der Waals surface area (Å²) >= 11 is 1.03. The SMILES string of the molecule is CNC(=O)C(=N)c1ccc(-c2nc(C)c(C(=O)NCc3cc(OC(F)(F)F)ccc3F)s2)cc1N. The quantitative estimate of drug-likeness (QED) is 0.219. The number of benzene rings is 2. The normalized spacial score (nSPS) is 11.1. The molecule has 0 aliphatic heterocycles. The Labute approximate surface area is 200 Å². The third-order valence-corrected chi connectivity index (χ3v) is 5.92. The predicted molar refractivity (Wildman–Crippen MR) is 122 cm³/mol. The summed E-state index contributed by atoms with van der Waals surface area (Å²) in [4.78, 5) is 28.9. The monoisotopic (exact) mass is 509 g/mol. The molecule has 3 rings (SSSR count). The molecule has 1 aromatic heterocycles. The van der Waals surface area contributed by atoms with Crippen molar-refractivity contribution >= 4 is 34.6 Å². The number of carbonyl (C=O) groups is 2. The summed E-state index contributed by atoms with van der Waals surface area (Å²) in [5, 5.41) is 13.1. The van der Waals surface area contributed by atoms with Crippen molar-refractivity contribution in [1.82, 2.24) is 15.6 Å². The lowest BCUT2D eigenvalue weighted by atomic mass is 10.0. The predicted octanol–water partition coefficient (Wildman–Crippen LogP) is 3.78. The molecule has 8 nitrogen and oxygen atoms in total. The van der Waals surface area contributed by atoms with Crippen molar-refractivity contribution in [3.8, 4) is 16.3 Å². The van der Waals surface area contributed by atoms with Gasteiger partial charge in [0.1, 0.15) is 27.2 Å². The molecule has 0 atom stereocenters. The number of carbonyl (C=O) groups excluding carboxylic acids is 2. The minimum absolute atomic E-state index is 0.173. The van der Waals surface area contributed by atoms with Crippen LogP contribution in [0.2, 0.25) is 0 Å². The van der Waals surface area contributed by atoms with E-state index in [1.54, 1.807) is 13.0 Å². The van der Waals surface area contributed by atoms with Gasteiger partial charge in [0.2, 0.25) is 0 Å². The molecule has 35 heavy (non-hydrogen) atoms. The maximum absolute atomic E-state index is 14.0. The topological polar surface area (TPSA) is 130 Å². The van der Waals surface area contributed by atoms with Crippen LogP contribution < -0.4 is 21.1 Å². The Morgan fingerprint density at radius 2 is 1.91 bits per heavy atom. The highest BCUT2D eigenvalue weighted by atomic mass is 32.1. The Morgan fingerprint density at radius 3 is 2.54 bits per heavy atom. The van der Waals surface area contributed by atoms with Crippen molar-refractivity contribution in [3.05, 3.63) is 63.9 Å². The number of nitrogen functional groups attached to an aromatic ring is 1. The van der Waals surface area contributed by atoms with Crippen LogP contribution in [0.1, 0.15) is 26.5 Å². The Bertz CT molecular complexity index is 1310. The standard InChI is InChI=1S/C22H19F4N5O3S/c1-10-18(20(33)30-9-12-7-13(4-6-15(12)23)34-22(24,25)26)35-21(31-10)11-3-5-14(16(27)8-11)17(28)19(32)29-2/h3-8,28H,9,27H2,1-2H3,(H,29,32)(H,30,33). The summed E-state index contributed by atoms with van der Waals surface area (Å²) in [5.74, 6) is -2.61. The van der Waals surface area contributed by atoms with Gasteiger partial charge in [-0.3, -0.25) is 15.0 Å². The lowest BCUT2D eigenvalue weighted by molar-refractivity contribution is -0.274. The zero-order valence-electron chi connectivity index (χ0n) is 18.3. The number of thiazole rings is 1. The van der Waals surface area contributed by atoms with Gasteiger partial charge in [-0.25, -0.2) is 9.37 Å². The van der Waals surface area contributed by atoms with Gasteiger partial charge in [-0.2, -0.15) is 0 Å². The van der Waals surface area contributed by atoms with E-state index >= 15 is 0 Å². The number of anilines is 1. The van der Waals surface area contributed by atoms with E-state index in [9.17, 15) is 27.2 Å².